The van der Waals surface area contributed by atoms with Gasteiger partial charge in [-0.1, -0.05) is 36.4 Å². The predicted octanol–water partition coefficient (Wildman–Crippen LogP) is 3.99. The first-order valence-electron chi connectivity index (χ1n) is 10.7. The average molecular weight is 449 g/mol. The van der Waals surface area contributed by atoms with Crippen LogP contribution in [0.3, 0.4) is 0 Å². The zero-order valence-corrected chi connectivity index (χ0v) is 19.0. The highest BCUT2D eigenvalue weighted by molar-refractivity contribution is 5.98. The van der Waals surface area contributed by atoms with Crippen molar-refractivity contribution in [2.75, 3.05) is 13.2 Å². The molecule has 3 aromatic rings. The van der Waals surface area contributed by atoms with Gasteiger partial charge in [0, 0.05) is 0 Å². The van der Waals surface area contributed by atoms with Gasteiger partial charge in [0.1, 0.15) is 30.5 Å². The van der Waals surface area contributed by atoms with Gasteiger partial charge in [0.15, 0.2) is 6.10 Å². The number of hydrogen-bond donors (Lipinski definition) is 2. The molecule has 0 fully saturated rings. The van der Waals surface area contributed by atoms with Crippen molar-refractivity contribution >= 4 is 11.8 Å². The third kappa shape index (κ3) is 7.00. The Morgan fingerprint density at radius 3 is 2.24 bits per heavy atom. The monoisotopic (exact) mass is 448 g/mol. The molecule has 0 bridgehead atoms. The molecule has 0 aliphatic carbocycles. The van der Waals surface area contributed by atoms with Crippen LogP contribution in [0.1, 0.15) is 28.4 Å². The maximum atomic E-state index is 12.6. The van der Waals surface area contributed by atoms with Crippen LogP contribution in [0.15, 0.2) is 72.8 Å². The molecule has 0 aliphatic rings. The number of hydrogen-bond acceptors (Lipinski definition) is 5. The Kier molecular flexibility index (Phi) is 8.30. The minimum Gasteiger partial charge on any atom is -0.490 e. The summed E-state index contributed by atoms with van der Waals surface area (Å²) in [5, 5.41) is 0. The number of carbonyl (C=O) groups is 2. The molecule has 1 unspecified atom stereocenters. The molecule has 7 heteroatoms. The van der Waals surface area contributed by atoms with Crippen molar-refractivity contribution in [3.8, 4) is 17.2 Å². The summed E-state index contributed by atoms with van der Waals surface area (Å²) in [5.41, 5.74) is 7.31. The maximum absolute atomic E-state index is 12.6. The van der Waals surface area contributed by atoms with Crippen LogP contribution in [0.4, 0.5) is 0 Å². The summed E-state index contributed by atoms with van der Waals surface area (Å²) in [6, 6.07) is 21.8. The van der Waals surface area contributed by atoms with Crippen molar-refractivity contribution < 1.29 is 23.8 Å². The SMILES string of the molecule is Cc1ccc(OC(C)C(=O)NNC(=O)c2ccccc2OCCOc2ccccc2)cc1C. The van der Waals surface area contributed by atoms with Crippen LogP contribution >= 0.6 is 0 Å². The van der Waals surface area contributed by atoms with Crippen LogP contribution in [0.25, 0.3) is 0 Å². The number of rotatable bonds is 9. The Hall–Kier alpha value is -4.00. The van der Waals surface area contributed by atoms with Crippen molar-refractivity contribution in [3.63, 3.8) is 0 Å². The van der Waals surface area contributed by atoms with Gasteiger partial charge in [-0.25, -0.2) is 0 Å². The fourth-order valence-electron chi connectivity index (χ4n) is 2.94. The van der Waals surface area contributed by atoms with Gasteiger partial charge in [-0.3, -0.25) is 20.4 Å². The summed E-state index contributed by atoms with van der Waals surface area (Å²) < 4.78 is 17.0. The molecule has 0 saturated heterocycles. The number of hydrazine groups is 1. The molecule has 2 amide bonds. The molecule has 172 valence electrons. The number of para-hydroxylation sites is 2. The van der Waals surface area contributed by atoms with Crippen molar-refractivity contribution in [1.82, 2.24) is 10.9 Å². The normalized spacial score (nSPS) is 11.2. The van der Waals surface area contributed by atoms with Gasteiger partial charge in [0.2, 0.25) is 0 Å². The van der Waals surface area contributed by atoms with E-state index >= 15 is 0 Å². The molecule has 7 nitrogen and oxygen atoms in total. The number of ether oxygens (including phenoxy) is 3. The number of amides is 2. The smallest absolute Gasteiger partial charge is 0.279 e. The zero-order valence-electron chi connectivity index (χ0n) is 19.0. The van der Waals surface area contributed by atoms with Crippen LogP contribution in [-0.2, 0) is 4.79 Å². The van der Waals surface area contributed by atoms with Gasteiger partial charge in [-0.05, 0) is 68.3 Å². The van der Waals surface area contributed by atoms with E-state index in [1.54, 1.807) is 37.3 Å². The van der Waals surface area contributed by atoms with Crippen LogP contribution in [0, 0.1) is 13.8 Å². The van der Waals surface area contributed by atoms with Crippen LogP contribution < -0.4 is 25.1 Å². The summed E-state index contributed by atoms with van der Waals surface area (Å²) in [5.74, 6) is 0.744. The second-order valence-corrected chi connectivity index (χ2v) is 7.46. The molecule has 0 aromatic heterocycles. The third-order valence-corrected chi connectivity index (χ3v) is 4.94. The summed E-state index contributed by atoms with van der Waals surface area (Å²) in [6.07, 6.45) is -0.797. The Morgan fingerprint density at radius 2 is 1.48 bits per heavy atom. The zero-order chi connectivity index (χ0) is 23.6. The standard InChI is InChI=1S/C26H28N2O5/c1-18-13-14-22(17-19(18)2)33-20(3)25(29)27-28-26(30)23-11-7-8-12-24(23)32-16-15-31-21-9-5-4-6-10-21/h4-14,17,20H,15-16H2,1-3H3,(H,27,29)(H,28,30). The minimum atomic E-state index is -0.797. The van der Waals surface area contributed by atoms with Crippen LogP contribution in [0.5, 0.6) is 17.2 Å². The molecule has 3 aromatic carbocycles. The van der Waals surface area contributed by atoms with E-state index in [0.717, 1.165) is 16.9 Å². The van der Waals surface area contributed by atoms with Crippen LogP contribution in [0.2, 0.25) is 0 Å². The third-order valence-electron chi connectivity index (χ3n) is 4.94. The highest BCUT2D eigenvalue weighted by atomic mass is 16.5. The molecule has 0 spiro atoms. The van der Waals surface area contributed by atoms with E-state index in [0.29, 0.717) is 23.7 Å². The van der Waals surface area contributed by atoms with Gasteiger partial charge >= 0.3 is 0 Å². The molecule has 0 saturated carbocycles. The highest BCUT2D eigenvalue weighted by Gasteiger charge is 2.18. The Morgan fingerprint density at radius 1 is 0.788 bits per heavy atom. The first-order valence-corrected chi connectivity index (χ1v) is 10.7. The topological polar surface area (TPSA) is 85.9 Å². The Balaban J connectivity index is 1.49. The first kappa shape index (κ1) is 23.7. The largest absolute Gasteiger partial charge is 0.490 e. The average Bonchev–Trinajstić information content (AvgIpc) is 2.83. The lowest BCUT2D eigenvalue weighted by Gasteiger charge is -2.16. The summed E-state index contributed by atoms with van der Waals surface area (Å²) in [4.78, 5) is 25.0. The molecular formula is C26H28N2O5. The minimum absolute atomic E-state index is 0.256. The molecular weight excluding hydrogens is 420 g/mol. The Bertz CT molecular complexity index is 1090. The number of nitrogens with one attached hydrogen (secondary N) is 2. The quantitative estimate of drug-likeness (QED) is 0.382. The maximum Gasteiger partial charge on any atom is 0.279 e. The second kappa shape index (κ2) is 11.6. The lowest BCUT2D eigenvalue weighted by atomic mass is 10.1. The lowest BCUT2D eigenvalue weighted by Crippen LogP contribution is -2.47. The van der Waals surface area contributed by atoms with Crippen molar-refractivity contribution in [1.29, 1.82) is 0 Å². The van der Waals surface area contributed by atoms with Gasteiger partial charge in [0.05, 0.1) is 5.56 Å². The second-order valence-electron chi connectivity index (χ2n) is 7.46. The number of carbonyl (C=O) groups excluding carboxylic acids is 2. The summed E-state index contributed by atoms with van der Waals surface area (Å²) >= 11 is 0. The van der Waals surface area contributed by atoms with Gasteiger partial charge in [-0.2, -0.15) is 0 Å². The van der Waals surface area contributed by atoms with Crippen molar-refractivity contribution in [3.05, 3.63) is 89.5 Å². The van der Waals surface area contributed by atoms with E-state index in [9.17, 15) is 9.59 Å². The summed E-state index contributed by atoms with van der Waals surface area (Å²) in [6.45, 7) is 6.17. The molecule has 0 radical (unpaired) electrons. The lowest BCUT2D eigenvalue weighted by molar-refractivity contribution is -0.128. The van der Waals surface area contributed by atoms with Crippen molar-refractivity contribution in [2.45, 2.75) is 26.9 Å². The Labute approximate surface area is 193 Å². The first-order chi connectivity index (χ1) is 15.9. The van der Waals surface area contributed by atoms with Crippen LogP contribution in [-0.4, -0.2) is 31.1 Å². The number of benzene rings is 3. The van der Waals surface area contributed by atoms with E-state index in [1.165, 1.54) is 0 Å². The fraction of sp³-hybridized carbons (Fsp3) is 0.231. The molecule has 1 atom stereocenters. The van der Waals surface area contributed by atoms with Gasteiger partial charge in [0.25, 0.3) is 11.8 Å². The molecule has 0 aliphatic heterocycles. The van der Waals surface area contributed by atoms with Gasteiger partial charge < -0.3 is 14.2 Å². The predicted molar refractivity (Wildman–Crippen MR) is 125 cm³/mol. The molecule has 2 N–H and O–H groups in total. The van der Waals surface area contributed by atoms with E-state index in [4.69, 9.17) is 14.2 Å². The number of aryl methyl sites for hydroxylation is 2. The van der Waals surface area contributed by atoms with E-state index in [-0.39, 0.29) is 6.61 Å². The van der Waals surface area contributed by atoms with E-state index in [1.807, 2.05) is 56.3 Å². The van der Waals surface area contributed by atoms with E-state index < -0.39 is 17.9 Å². The molecule has 33 heavy (non-hydrogen) atoms. The summed E-state index contributed by atoms with van der Waals surface area (Å²) in [7, 11) is 0. The molecule has 0 heterocycles. The highest BCUT2D eigenvalue weighted by Crippen LogP contribution is 2.19. The van der Waals surface area contributed by atoms with E-state index in [2.05, 4.69) is 10.9 Å². The van der Waals surface area contributed by atoms with Crippen molar-refractivity contribution in [2.24, 2.45) is 0 Å². The molecule has 3 rings (SSSR count). The fourth-order valence-corrected chi connectivity index (χ4v) is 2.94. The van der Waals surface area contributed by atoms with Gasteiger partial charge in [-0.15, -0.1) is 0 Å².